The summed E-state index contributed by atoms with van der Waals surface area (Å²) in [5.74, 6) is 0.0203. The molecule has 0 bridgehead atoms. The number of carbonyl (C=O) groups is 1. The quantitative estimate of drug-likeness (QED) is 0.814. The van der Waals surface area contributed by atoms with Crippen LogP contribution in [0.3, 0.4) is 0 Å². The monoisotopic (exact) mass is 363 g/mol. The maximum absolute atomic E-state index is 13.1. The highest BCUT2D eigenvalue weighted by Gasteiger charge is 2.29. The predicted octanol–water partition coefficient (Wildman–Crippen LogP) is 3.49. The Morgan fingerprint density at radius 1 is 1.47 bits per heavy atom. The van der Waals surface area contributed by atoms with E-state index in [0.717, 1.165) is 0 Å². The van der Waals surface area contributed by atoms with Gasteiger partial charge in [-0.05, 0) is 37.0 Å². The zero-order valence-corrected chi connectivity index (χ0v) is 12.2. The van der Waals surface area contributed by atoms with Crippen LogP contribution in [0.4, 0.5) is 4.39 Å². The van der Waals surface area contributed by atoms with Gasteiger partial charge in [0.2, 0.25) is 0 Å². The van der Waals surface area contributed by atoms with E-state index in [0.29, 0.717) is 27.3 Å². The molecule has 0 spiro atoms. The molecule has 92 valence electrons. The molecule has 1 aromatic rings. The van der Waals surface area contributed by atoms with E-state index in [9.17, 15) is 9.18 Å². The Morgan fingerprint density at radius 3 is 2.76 bits per heavy atom. The van der Waals surface area contributed by atoms with Crippen molar-refractivity contribution < 1.29 is 9.18 Å². The molecule has 1 atom stereocenters. The van der Waals surface area contributed by atoms with Crippen molar-refractivity contribution in [1.82, 2.24) is 5.32 Å². The first kappa shape index (κ1) is 13.0. The lowest BCUT2D eigenvalue weighted by atomic mass is 10.2. The molecule has 5 heteroatoms. The fraction of sp³-hybridized carbons (Fsp3) is 0.417. The SMILES string of the molecule is O=C(NCC(Br)C1CC1)c1cc(F)cc(Br)c1. The molecule has 1 aromatic carbocycles. The summed E-state index contributed by atoms with van der Waals surface area (Å²) in [7, 11) is 0. The summed E-state index contributed by atoms with van der Waals surface area (Å²) in [6.45, 7) is 0.581. The zero-order valence-electron chi connectivity index (χ0n) is 9.05. The van der Waals surface area contributed by atoms with Crippen LogP contribution in [0, 0.1) is 11.7 Å². The third-order valence-corrected chi connectivity index (χ3v) is 4.25. The van der Waals surface area contributed by atoms with E-state index in [1.807, 2.05) is 0 Å². The Morgan fingerprint density at radius 2 is 2.18 bits per heavy atom. The molecule has 1 N–H and O–H groups in total. The minimum Gasteiger partial charge on any atom is -0.351 e. The average molecular weight is 365 g/mol. The van der Waals surface area contributed by atoms with Crippen LogP contribution < -0.4 is 5.32 Å². The van der Waals surface area contributed by atoms with Gasteiger partial charge in [-0.2, -0.15) is 0 Å². The number of halogens is 3. The van der Waals surface area contributed by atoms with Gasteiger partial charge < -0.3 is 5.32 Å². The number of alkyl halides is 1. The summed E-state index contributed by atoms with van der Waals surface area (Å²) in [5, 5.41) is 2.80. The van der Waals surface area contributed by atoms with E-state index in [2.05, 4.69) is 37.2 Å². The van der Waals surface area contributed by atoms with Gasteiger partial charge in [0, 0.05) is 21.4 Å². The first-order chi connectivity index (χ1) is 8.06. The van der Waals surface area contributed by atoms with Gasteiger partial charge in [0.25, 0.3) is 5.91 Å². The van der Waals surface area contributed by atoms with Crippen molar-refractivity contribution in [2.75, 3.05) is 6.54 Å². The molecular formula is C12H12Br2FNO. The third-order valence-electron chi connectivity index (χ3n) is 2.72. The molecule has 0 aliphatic heterocycles. The maximum Gasteiger partial charge on any atom is 0.251 e. The fourth-order valence-corrected chi connectivity index (χ4v) is 2.76. The lowest BCUT2D eigenvalue weighted by molar-refractivity contribution is 0.0953. The van der Waals surface area contributed by atoms with Crippen LogP contribution in [0.15, 0.2) is 22.7 Å². The molecule has 2 rings (SSSR count). The van der Waals surface area contributed by atoms with Crippen molar-refractivity contribution in [3.63, 3.8) is 0 Å². The van der Waals surface area contributed by atoms with Gasteiger partial charge >= 0.3 is 0 Å². The van der Waals surface area contributed by atoms with E-state index < -0.39 is 5.82 Å². The number of amides is 1. The van der Waals surface area contributed by atoms with Crippen molar-refractivity contribution in [1.29, 1.82) is 0 Å². The second kappa shape index (κ2) is 5.48. The normalized spacial score (nSPS) is 16.6. The van der Waals surface area contributed by atoms with Gasteiger partial charge in [-0.15, -0.1) is 0 Å². The summed E-state index contributed by atoms with van der Waals surface area (Å²) in [6.07, 6.45) is 2.44. The van der Waals surface area contributed by atoms with Gasteiger partial charge in [0.05, 0.1) is 0 Å². The van der Waals surface area contributed by atoms with Crippen molar-refractivity contribution >= 4 is 37.8 Å². The molecular weight excluding hydrogens is 353 g/mol. The van der Waals surface area contributed by atoms with Crippen LogP contribution in [-0.4, -0.2) is 17.3 Å². The summed E-state index contributed by atoms with van der Waals surface area (Å²) < 4.78 is 13.7. The van der Waals surface area contributed by atoms with Crippen LogP contribution in [0.2, 0.25) is 0 Å². The second-order valence-corrected chi connectivity index (χ2v) is 6.31. The van der Waals surface area contributed by atoms with Crippen LogP contribution in [0.5, 0.6) is 0 Å². The number of carbonyl (C=O) groups excluding carboxylic acids is 1. The van der Waals surface area contributed by atoms with Crippen molar-refractivity contribution in [2.45, 2.75) is 17.7 Å². The molecule has 1 aliphatic rings. The zero-order chi connectivity index (χ0) is 12.4. The van der Waals surface area contributed by atoms with E-state index in [1.165, 1.54) is 25.0 Å². The largest absolute Gasteiger partial charge is 0.351 e. The van der Waals surface area contributed by atoms with E-state index in [4.69, 9.17) is 0 Å². The van der Waals surface area contributed by atoms with Crippen molar-refractivity contribution in [3.8, 4) is 0 Å². The van der Waals surface area contributed by atoms with Gasteiger partial charge in [-0.1, -0.05) is 31.9 Å². The Balaban J connectivity index is 1.94. The molecule has 0 heterocycles. The van der Waals surface area contributed by atoms with E-state index in [1.54, 1.807) is 6.07 Å². The lowest BCUT2D eigenvalue weighted by Gasteiger charge is -2.10. The first-order valence-electron chi connectivity index (χ1n) is 5.44. The minimum absolute atomic E-state index is 0.240. The molecule has 1 unspecified atom stereocenters. The number of rotatable bonds is 4. The maximum atomic E-state index is 13.1. The van der Waals surface area contributed by atoms with Gasteiger partial charge in [0.15, 0.2) is 0 Å². The van der Waals surface area contributed by atoms with Crippen molar-refractivity contribution in [3.05, 3.63) is 34.1 Å². The van der Waals surface area contributed by atoms with Gasteiger partial charge in [-0.3, -0.25) is 4.79 Å². The Bertz CT molecular complexity index is 414. The summed E-state index contributed by atoms with van der Waals surface area (Å²) in [5.41, 5.74) is 0.340. The molecule has 0 radical (unpaired) electrons. The number of nitrogens with one attached hydrogen (secondary N) is 1. The number of hydrogen-bond acceptors (Lipinski definition) is 1. The van der Waals surface area contributed by atoms with Crippen molar-refractivity contribution in [2.24, 2.45) is 5.92 Å². The second-order valence-electron chi connectivity index (χ2n) is 4.22. The number of benzene rings is 1. The highest BCUT2D eigenvalue weighted by Crippen LogP contribution is 2.36. The Kier molecular flexibility index (Phi) is 4.20. The number of hydrogen-bond donors (Lipinski definition) is 1. The van der Waals surface area contributed by atoms with Crippen LogP contribution in [-0.2, 0) is 0 Å². The fourth-order valence-electron chi connectivity index (χ4n) is 1.60. The summed E-state index contributed by atoms with van der Waals surface area (Å²) >= 11 is 6.70. The van der Waals surface area contributed by atoms with Gasteiger partial charge in [0.1, 0.15) is 5.82 Å². The molecule has 1 fully saturated rings. The van der Waals surface area contributed by atoms with E-state index >= 15 is 0 Å². The Hall–Kier alpha value is -0.420. The van der Waals surface area contributed by atoms with Crippen LogP contribution >= 0.6 is 31.9 Å². The Labute approximate surface area is 116 Å². The molecule has 1 amide bonds. The molecule has 0 aromatic heterocycles. The minimum atomic E-state index is -0.415. The standard InChI is InChI=1S/C12H12Br2FNO/c13-9-3-8(4-10(15)5-9)12(17)16-6-11(14)7-1-2-7/h3-5,7,11H,1-2,6H2,(H,16,17). The molecule has 17 heavy (non-hydrogen) atoms. The summed E-state index contributed by atoms with van der Waals surface area (Å²) in [6, 6.07) is 4.17. The predicted molar refractivity (Wildman–Crippen MR) is 71.9 cm³/mol. The molecule has 1 saturated carbocycles. The molecule has 0 saturated heterocycles. The highest BCUT2D eigenvalue weighted by atomic mass is 79.9. The lowest BCUT2D eigenvalue weighted by Crippen LogP contribution is -2.30. The highest BCUT2D eigenvalue weighted by molar-refractivity contribution is 9.10. The third kappa shape index (κ3) is 3.78. The van der Waals surface area contributed by atoms with Gasteiger partial charge in [-0.25, -0.2) is 4.39 Å². The summed E-state index contributed by atoms with van der Waals surface area (Å²) in [4.78, 5) is 12.1. The van der Waals surface area contributed by atoms with Crippen LogP contribution in [0.1, 0.15) is 23.2 Å². The van der Waals surface area contributed by atoms with E-state index in [-0.39, 0.29) is 5.91 Å². The molecule has 1 aliphatic carbocycles. The van der Waals surface area contributed by atoms with Crippen LogP contribution in [0.25, 0.3) is 0 Å². The average Bonchev–Trinajstić information content (AvgIpc) is 3.07. The molecule has 2 nitrogen and oxygen atoms in total. The first-order valence-corrected chi connectivity index (χ1v) is 7.15. The smallest absolute Gasteiger partial charge is 0.251 e. The topological polar surface area (TPSA) is 29.1 Å².